The van der Waals surface area contributed by atoms with Crippen LogP contribution < -0.4 is 0 Å². The van der Waals surface area contributed by atoms with E-state index in [0.717, 1.165) is 18.6 Å². The number of halogens is 2. The Morgan fingerprint density at radius 3 is 2.52 bits per heavy atom. The molecule has 2 unspecified atom stereocenters. The first-order chi connectivity index (χ1) is 10.9. The maximum absolute atomic E-state index is 13.3. The van der Waals surface area contributed by atoms with E-state index < -0.39 is 11.6 Å². The molecule has 1 fully saturated rings. The molecule has 122 valence electrons. The molecule has 2 aromatic rings. The van der Waals surface area contributed by atoms with Gasteiger partial charge >= 0.3 is 0 Å². The van der Waals surface area contributed by atoms with Crippen molar-refractivity contribution in [3.05, 3.63) is 41.6 Å². The summed E-state index contributed by atoms with van der Waals surface area (Å²) < 4.78 is 31.4. The molecule has 0 aliphatic carbocycles. The second-order valence-corrected chi connectivity index (χ2v) is 6.36. The summed E-state index contributed by atoms with van der Waals surface area (Å²) in [6.45, 7) is 5.62. The van der Waals surface area contributed by atoms with Crippen LogP contribution in [0.5, 0.6) is 0 Å². The molecule has 1 aromatic carbocycles. The average Bonchev–Trinajstić information content (AvgIpc) is 2.98. The Hall–Kier alpha value is -2.24. The van der Waals surface area contributed by atoms with Gasteiger partial charge < -0.3 is 9.42 Å². The van der Waals surface area contributed by atoms with Gasteiger partial charge in [-0.3, -0.25) is 4.79 Å². The van der Waals surface area contributed by atoms with E-state index in [1.165, 1.54) is 12.1 Å². The van der Waals surface area contributed by atoms with Crippen molar-refractivity contribution in [2.45, 2.75) is 20.3 Å². The Labute approximate surface area is 133 Å². The highest BCUT2D eigenvalue weighted by Crippen LogP contribution is 2.25. The maximum atomic E-state index is 13.3. The number of hydrogen-bond acceptors (Lipinski definition) is 3. The van der Waals surface area contributed by atoms with Crippen LogP contribution in [-0.4, -0.2) is 29.1 Å². The second kappa shape index (κ2) is 6.10. The quantitative estimate of drug-likeness (QED) is 0.847. The lowest BCUT2D eigenvalue weighted by molar-refractivity contribution is 0.0613. The van der Waals surface area contributed by atoms with Crippen LogP contribution in [0.1, 0.15) is 30.8 Å². The van der Waals surface area contributed by atoms with Gasteiger partial charge in [0.25, 0.3) is 5.91 Å². The highest BCUT2D eigenvalue weighted by molar-refractivity contribution is 5.93. The fraction of sp³-hybridized carbons (Fsp3) is 0.412. The van der Waals surface area contributed by atoms with Gasteiger partial charge in [0.05, 0.1) is 0 Å². The average molecular weight is 320 g/mol. The van der Waals surface area contributed by atoms with Crippen molar-refractivity contribution in [1.82, 2.24) is 10.1 Å². The van der Waals surface area contributed by atoms with Gasteiger partial charge in [0, 0.05) is 24.7 Å². The third kappa shape index (κ3) is 3.25. The summed E-state index contributed by atoms with van der Waals surface area (Å²) in [4.78, 5) is 14.3. The molecule has 0 N–H and O–H groups in total. The summed E-state index contributed by atoms with van der Waals surface area (Å²) in [6, 6.07) is 4.90. The van der Waals surface area contributed by atoms with Crippen LogP contribution in [-0.2, 0) is 0 Å². The zero-order valence-electron chi connectivity index (χ0n) is 13.1. The van der Waals surface area contributed by atoms with Crippen molar-refractivity contribution in [3.8, 4) is 11.3 Å². The third-order valence-electron chi connectivity index (χ3n) is 4.09. The first-order valence-corrected chi connectivity index (χ1v) is 7.65. The van der Waals surface area contributed by atoms with Crippen molar-refractivity contribution in [2.75, 3.05) is 13.1 Å². The van der Waals surface area contributed by atoms with Gasteiger partial charge in [-0.05, 0) is 36.5 Å². The maximum Gasteiger partial charge on any atom is 0.276 e. The number of aromatic nitrogens is 1. The summed E-state index contributed by atoms with van der Waals surface area (Å²) in [5, 5.41) is 3.79. The molecule has 2 heterocycles. The highest BCUT2D eigenvalue weighted by atomic mass is 19.2. The monoisotopic (exact) mass is 320 g/mol. The minimum atomic E-state index is -0.967. The molecule has 0 bridgehead atoms. The molecule has 1 aliphatic rings. The van der Waals surface area contributed by atoms with Crippen molar-refractivity contribution in [2.24, 2.45) is 11.8 Å². The zero-order valence-corrected chi connectivity index (χ0v) is 13.1. The lowest BCUT2D eigenvalue weighted by Crippen LogP contribution is -2.42. The summed E-state index contributed by atoms with van der Waals surface area (Å²) in [7, 11) is 0. The first-order valence-electron chi connectivity index (χ1n) is 7.65. The van der Waals surface area contributed by atoms with E-state index in [-0.39, 0.29) is 17.4 Å². The van der Waals surface area contributed by atoms with Crippen LogP contribution in [0.25, 0.3) is 11.3 Å². The van der Waals surface area contributed by atoms with Gasteiger partial charge in [-0.15, -0.1) is 0 Å². The van der Waals surface area contributed by atoms with Crippen LogP contribution in [0, 0.1) is 23.5 Å². The van der Waals surface area contributed by atoms with Gasteiger partial charge in [-0.2, -0.15) is 0 Å². The minimum Gasteiger partial charge on any atom is -0.355 e. The van der Waals surface area contributed by atoms with E-state index in [0.29, 0.717) is 30.5 Å². The molecule has 23 heavy (non-hydrogen) atoms. The van der Waals surface area contributed by atoms with Crippen molar-refractivity contribution < 1.29 is 18.1 Å². The number of carbonyl (C=O) groups excluding carboxylic acids is 1. The fourth-order valence-electron chi connectivity index (χ4n) is 3.15. The molecule has 0 spiro atoms. The van der Waals surface area contributed by atoms with Gasteiger partial charge in [0.15, 0.2) is 23.1 Å². The van der Waals surface area contributed by atoms with E-state index >= 15 is 0 Å². The minimum absolute atomic E-state index is 0.186. The molecule has 1 amide bonds. The van der Waals surface area contributed by atoms with Crippen molar-refractivity contribution in [3.63, 3.8) is 0 Å². The molecule has 1 aliphatic heterocycles. The van der Waals surface area contributed by atoms with Crippen molar-refractivity contribution >= 4 is 5.91 Å². The number of nitrogens with zero attached hydrogens (tertiary/aromatic N) is 2. The molecule has 4 nitrogen and oxygen atoms in total. The standard InChI is InChI=1S/C17H18F2N2O2/c1-10-5-11(2)9-21(8-10)17(22)15-7-16(23-20-15)12-3-4-13(18)14(19)6-12/h3-4,6-7,10-11H,5,8-9H2,1-2H3. The smallest absolute Gasteiger partial charge is 0.276 e. The van der Waals surface area contributed by atoms with E-state index in [2.05, 4.69) is 19.0 Å². The van der Waals surface area contributed by atoms with Gasteiger partial charge in [-0.25, -0.2) is 8.78 Å². The number of amides is 1. The number of rotatable bonds is 2. The molecular formula is C17H18F2N2O2. The third-order valence-corrected chi connectivity index (χ3v) is 4.09. The summed E-state index contributed by atoms with van der Waals surface area (Å²) in [5.41, 5.74) is 0.530. The number of hydrogen-bond donors (Lipinski definition) is 0. The van der Waals surface area contributed by atoms with Crippen LogP contribution in [0.4, 0.5) is 8.78 Å². The predicted octanol–water partition coefficient (Wildman–Crippen LogP) is 3.74. The summed E-state index contributed by atoms with van der Waals surface area (Å²) in [6.07, 6.45) is 1.10. The van der Waals surface area contributed by atoms with E-state index in [4.69, 9.17) is 4.52 Å². The molecule has 0 saturated carbocycles. The highest BCUT2D eigenvalue weighted by Gasteiger charge is 2.28. The Morgan fingerprint density at radius 2 is 1.87 bits per heavy atom. The number of piperidine rings is 1. The SMILES string of the molecule is CC1CC(C)CN(C(=O)c2cc(-c3ccc(F)c(F)c3)on2)C1. The summed E-state index contributed by atoms with van der Waals surface area (Å²) >= 11 is 0. The molecule has 2 atom stereocenters. The number of benzene rings is 1. The lowest BCUT2D eigenvalue weighted by atomic mass is 9.92. The molecular weight excluding hydrogens is 302 g/mol. The normalized spacial score (nSPS) is 21.5. The van der Waals surface area contributed by atoms with E-state index in [9.17, 15) is 13.6 Å². The molecule has 1 aromatic heterocycles. The fourth-order valence-corrected chi connectivity index (χ4v) is 3.15. The second-order valence-electron chi connectivity index (χ2n) is 6.36. The Bertz CT molecular complexity index is 719. The number of likely N-dealkylation sites (tertiary alicyclic amines) is 1. The van der Waals surface area contributed by atoms with Gasteiger partial charge in [-0.1, -0.05) is 19.0 Å². The Balaban J connectivity index is 1.81. The number of carbonyl (C=O) groups is 1. The van der Waals surface area contributed by atoms with Crippen LogP contribution in [0.2, 0.25) is 0 Å². The lowest BCUT2D eigenvalue weighted by Gasteiger charge is -2.34. The topological polar surface area (TPSA) is 46.3 Å². The zero-order chi connectivity index (χ0) is 16.6. The molecule has 1 saturated heterocycles. The van der Waals surface area contributed by atoms with Crippen LogP contribution in [0.3, 0.4) is 0 Å². The predicted molar refractivity (Wildman–Crippen MR) is 80.7 cm³/mol. The van der Waals surface area contributed by atoms with Gasteiger partial charge in [0.1, 0.15) is 0 Å². The van der Waals surface area contributed by atoms with Crippen LogP contribution in [0.15, 0.2) is 28.8 Å². The molecule has 0 radical (unpaired) electrons. The largest absolute Gasteiger partial charge is 0.355 e. The van der Waals surface area contributed by atoms with E-state index in [1.54, 1.807) is 4.90 Å². The van der Waals surface area contributed by atoms with Crippen molar-refractivity contribution in [1.29, 1.82) is 0 Å². The first kappa shape index (κ1) is 15.6. The Morgan fingerprint density at radius 1 is 1.17 bits per heavy atom. The van der Waals surface area contributed by atoms with E-state index in [1.807, 2.05) is 0 Å². The Kier molecular flexibility index (Phi) is 4.15. The van der Waals surface area contributed by atoms with Gasteiger partial charge in [0.2, 0.25) is 0 Å². The molecule has 3 rings (SSSR count). The molecule has 6 heteroatoms. The van der Waals surface area contributed by atoms with Crippen LogP contribution >= 0.6 is 0 Å². The summed E-state index contributed by atoms with van der Waals surface area (Å²) in [5.74, 6) is -0.960.